The molecule has 220 valence electrons. The van der Waals surface area contributed by atoms with Crippen molar-refractivity contribution >= 4 is 6.16 Å². The SMILES string of the molecule is O=C(O)Oc1cnn(-c2cccc(-c3ccccc3OCc3ccc(-c4ccc(C(F)(F)F)cc4)cc3)n2)c1C(F)(F)F. The summed E-state index contributed by atoms with van der Waals surface area (Å²) >= 11 is 0. The van der Waals surface area contributed by atoms with Crippen LogP contribution in [0.1, 0.15) is 16.8 Å². The second-order valence-corrected chi connectivity index (χ2v) is 9.07. The lowest BCUT2D eigenvalue weighted by atomic mass is 10.0. The van der Waals surface area contributed by atoms with Gasteiger partial charge in [-0.05, 0) is 53.1 Å². The van der Waals surface area contributed by atoms with Crippen LogP contribution in [0.3, 0.4) is 0 Å². The van der Waals surface area contributed by atoms with E-state index in [2.05, 4.69) is 14.8 Å². The monoisotopic (exact) mass is 599 g/mol. The second kappa shape index (κ2) is 11.5. The van der Waals surface area contributed by atoms with E-state index in [4.69, 9.17) is 9.84 Å². The van der Waals surface area contributed by atoms with Gasteiger partial charge in [0.25, 0.3) is 0 Å². The molecule has 2 aromatic heterocycles. The number of ether oxygens (including phenoxy) is 2. The highest BCUT2D eigenvalue weighted by Gasteiger charge is 2.41. The minimum absolute atomic E-state index is 0.108. The zero-order valence-corrected chi connectivity index (χ0v) is 21.7. The van der Waals surface area contributed by atoms with Gasteiger partial charge in [-0.3, -0.25) is 0 Å². The highest BCUT2D eigenvalue weighted by Crippen LogP contribution is 2.38. The van der Waals surface area contributed by atoms with Gasteiger partial charge in [0, 0.05) is 5.56 Å². The van der Waals surface area contributed by atoms with Crippen molar-refractivity contribution in [2.45, 2.75) is 19.0 Å². The Kier molecular flexibility index (Phi) is 7.81. The fourth-order valence-corrected chi connectivity index (χ4v) is 4.24. The van der Waals surface area contributed by atoms with Crippen LogP contribution < -0.4 is 9.47 Å². The third-order valence-electron chi connectivity index (χ3n) is 6.21. The maximum absolute atomic E-state index is 13.8. The molecule has 5 rings (SSSR count). The van der Waals surface area contributed by atoms with Crippen LogP contribution in [0.4, 0.5) is 31.1 Å². The molecule has 7 nitrogen and oxygen atoms in total. The average Bonchev–Trinajstić information content (AvgIpc) is 3.40. The lowest BCUT2D eigenvalue weighted by molar-refractivity contribution is -0.144. The van der Waals surface area contributed by atoms with Gasteiger partial charge in [0.15, 0.2) is 17.3 Å². The second-order valence-electron chi connectivity index (χ2n) is 9.07. The van der Waals surface area contributed by atoms with Gasteiger partial charge in [0.05, 0.1) is 17.5 Å². The maximum atomic E-state index is 13.8. The number of pyridine rings is 1. The number of aromatic nitrogens is 3. The molecule has 0 fully saturated rings. The molecule has 0 radical (unpaired) electrons. The predicted molar refractivity (Wildman–Crippen MR) is 142 cm³/mol. The molecule has 0 amide bonds. The number of benzene rings is 3. The van der Waals surface area contributed by atoms with Gasteiger partial charge < -0.3 is 14.6 Å². The van der Waals surface area contributed by atoms with E-state index in [0.717, 1.165) is 17.7 Å². The fourth-order valence-electron chi connectivity index (χ4n) is 4.24. The quantitative estimate of drug-likeness (QED) is 0.150. The van der Waals surface area contributed by atoms with Crippen molar-refractivity contribution in [1.29, 1.82) is 0 Å². The van der Waals surface area contributed by atoms with Crippen LogP contribution in [0, 0.1) is 0 Å². The number of carbonyl (C=O) groups is 1. The zero-order valence-electron chi connectivity index (χ0n) is 21.7. The van der Waals surface area contributed by atoms with E-state index < -0.39 is 35.5 Å². The number of hydrogen-bond donors (Lipinski definition) is 1. The molecule has 2 heterocycles. The van der Waals surface area contributed by atoms with Gasteiger partial charge in [-0.2, -0.15) is 31.4 Å². The molecular weight excluding hydrogens is 580 g/mol. The molecular formula is C30H19F6N3O4. The lowest BCUT2D eigenvalue weighted by Crippen LogP contribution is -2.17. The largest absolute Gasteiger partial charge is 0.511 e. The highest BCUT2D eigenvalue weighted by molar-refractivity contribution is 5.68. The molecule has 0 unspecified atom stereocenters. The third-order valence-corrected chi connectivity index (χ3v) is 6.21. The Morgan fingerprint density at radius 2 is 1.42 bits per heavy atom. The molecule has 0 saturated heterocycles. The van der Waals surface area contributed by atoms with Gasteiger partial charge >= 0.3 is 18.5 Å². The van der Waals surface area contributed by atoms with Crippen molar-refractivity contribution < 1.29 is 45.7 Å². The first kappa shape index (κ1) is 29.2. The molecule has 3 aromatic carbocycles. The van der Waals surface area contributed by atoms with Crippen LogP contribution in [0.2, 0.25) is 0 Å². The summed E-state index contributed by atoms with van der Waals surface area (Å²) in [6.07, 6.45) is -10.7. The minimum Gasteiger partial charge on any atom is -0.488 e. The van der Waals surface area contributed by atoms with E-state index in [1.165, 1.54) is 24.3 Å². The number of carboxylic acid groups (broad SMARTS) is 1. The Morgan fingerprint density at radius 3 is 2.05 bits per heavy atom. The highest BCUT2D eigenvalue weighted by atomic mass is 19.4. The minimum atomic E-state index is -5.00. The van der Waals surface area contributed by atoms with E-state index in [9.17, 15) is 31.1 Å². The average molecular weight is 599 g/mol. The number of halogens is 6. The topological polar surface area (TPSA) is 86.5 Å². The Morgan fingerprint density at radius 1 is 0.767 bits per heavy atom. The zero-order chi connectivity index (χ0) is 30.8. The first-order valence-electron chi connectivity index (χ1n) is 12.4. The van der Waals surface area contributed by atoms with Crippen LogP contribution in [0.15, 0.2) is 97.2 Å². The van der Waals surface area contributed by atoms with Crippen LogP contribution in [-0.2, 0) is 19.0 Å². The molecule has 1 N–H and O–H groups in total. The summed E-state index contributed by atoms with van der Waals surface area (Å²) in [6, 6.07) is 22.9. The number of alkyl halides is 6. The van der Waals surface area contributed by atoms with Crippen molar-refractivity contribution in [2.75, 3.05) is 0 Å². The standard InChI is InChI=1S/C30H19F6N3O4/c31-29(32,33)21-14-12-20(13-15-21)19-10-8-18(9-11-19)17-42-24-6-2-1-4-22(24)23-5-3-7-26(38-23)39-27(30(34,35)36)25(16-37-39)43-28(40)41/h1-16H,17H2,(H,40,41). The molecule has 0 spiro atoms. The number of para-hydroxylation sites is 1. The van der Waals surface area contributed by atoms with E-state index >= 15 is 0 Å². The summed E-state index contributed by atoms with van der Waals surface area (Å²) in [5.74, 6) is -0.843. The Labute approximate surface area is 239 Å². The van der Waals surface area contributed by atoms with Crippen molar-refractivity contribution in [3.8, 4) is 39.7 Å². The molecule has 0 atom stereocenters. The molecule has 0 aliphatic carbocycles. The van der Waals surface area contributed by atoms with Crippen molar-refractivity contribution in [3.63, 3.8) is 0 Å². The summed E-state index contributed by atoms with van der Waals surface area (Å²) < 4.78 is 90.6. The molecule has 0 bridgehead atoms. The molecule has 5 aromatic rings. The summed E-state index contributed by atoms with van der Waals surface area (Å²) in [5, 5.41) is 12.4. The molecule has 0 saturated carbocycles. The van der Waals surface area contributed by atoms with Gasteiger partial charge in [-0.1, -0.05) is 54.6 Å². The van der Waals surface area contributed by atoms with Crippen LogP contribution >= 0.6 is 0 Å². The molecule has 0 aliphatic heterocycles. The van der Waals surface area contributed by atoms with E-state index in [1.807, 2.05) is 0 Å². The van der Waals surface area contributed by atoms with E-state index in [0.29, 0.717) is 33.3 Å². The van der Waals surface area contributed by atoms with Crippen molar-refractivity contribution in [2.24, 2.45) is 0 Å². The maximum Gasteiger partial charge on any atom is 0.511 e. The van der Waals surface area contributed by atoms with Crippen molar-refractivity contribution in [3.05, 3.63) is 114 Å². The van der Waals surface area contributed by atoms with Gasteiger partial charge in [0.2, 0.25) is 0 Å². The van der Waals surface area contributed by atoms with Crippen molar-refractivity contribution in [1.82, 2.24) is 14.8 Å². The number of rotatable bonds is 7. The summed E-state index contributed by atoms with van der Waals surface area (Å²) in [4.78, 5) is 15.2. The summed E-state index contributed by atoms with van der Waals surface area (Å²) in [5.41, 5.74) is 0.635. The van der Waals surface area contributed by atoms with Gasteiger partial charge in [0.1, 0.15) is 12.4 Å². The Bertz CT molecular complexity index is 1750. The van der Waals surface area contributed by atoms with Gasteiger partial charge in [-0.15, -0.1) is 0 Å². The first-order chi connectivity index (χ1) is 20.4. The number of hydrogen-bond acceptors (Lipinski definition) is 5. The third kappa shape index (κ3) is 6.61. The Hall–Kier alpha value is -5.33. The molecule has 0 aliphatic rings. The molecule has 43 heavy (non-hydrogen) atoms. The van der Waals surface area contributed by atoms with E-state index in [1.54, 1.807) is 54.6 Å². The lowest BCUT2D eigenvalue weighted by Gasteiger charge is -2.14. The first-order valence-corrected chi connectivity index (χ1v) is 12.4. The fraction of sp³-hybridized carbons (Fsp3) is 0.100. The smallest absolute Gasteiger partial charge is 0.488 e. The normalized spacial score (nSPS) is 11.8. The van der Waals surface area contributed by atoms with Crippen LogP contribution in [-0.4, -0.2) is 26.0 Å². The van der Waals surface area contributed by atoms with E-state index in [-0.39, 0.29) is 18.1 Å². The number of nitrogens with zero attached hydrogens (tertiary/aromatic N) is 3. The summed E-state index contributed by atoms with van der Waals surface area (Å²) in [7, 11) is 0. The molecule has 13 heteroatoms. The summed E-state index contributed by atoms with van der Waals surface area (Å²) in [6.45, 7) is 0.108. The Balaban J connectivity index is 1.36. The van der Waals surface area contributed by atoms with Crippen LogP contribution in [0.5, 0.6) is 11.5 Å². The van der Waals surface area contributed by atoms with Crippen LogP contribution in [0.25, 0.3) is 28.2 Å². The van der Waals surface area contributed by atoms with Gasteiger partial charge in [-0.25, -0.2) is 14.5 Å². The predicted octanol–water partition coefficient (Wildman–Crippen LogP) is 8.27.